The number of amides is 2. The van der Waals surface area contributed by atoms with E-state index in [-0.39, 0.29) is 16.5 Å². The number of hydrogen-bond acceptors (Lipinski definition) is 3. The largest absolute Gasteiger partial charge is 0.340 e. The van der Waals surface area contributed by atoms with Gasteiger partial charge in [-0.3, -0.25) is 14.9 Å². The van der Waals surface area contributed by atoms with Gasteiger partial charge < -0.3 is 10.3 Å². The summed E-state index contributed by atoms with van der Waals surface area (Å²) in [6, 6.07) is 10.3. The number of aromatic amines is 1. The van der Waals surface area contributed by atoms with Crippen LogP contribution in [0, 0.1) is 11.7 Å². The topological polar surface area (TPSA) is 86.9 Å². The summed E-state index contributed by atoms with van der Waals surface area (Å²) in [7, 11) is 0. The molecule has 2 aromatic carbocycles. The molecule has 8 heteroatoms. The standard InChI is InChI=1S/C20H20ClFN4O2/c1-3-11(2)17(25-18(27)12-8-9-14(22)13(21)10-12)19(28)26-20-23-15-6-4-5-7-16(15)24-20/h4-11,17H,3H2,1-2H3,(H,25,27)(H2,23,24,26,28)/t11-,17+/m0/s1. The fourth-order valence-electron chi connectivity index (χ4n) is 2.77. The third-order valence-electron chi connectivity index (χ3n) is 4.59. The van der Waals surface area contributed by atoms with Crippen LogP contribution in [0.15, 0.2) is 42.5 Å². The van der Waals surface area contributed by atoms with Crippen molar-refractivity contribution in [2.24, 2.45) is 5.92 Å². The molecule has 0 bridgehead atoms. The van der Waals surface area contributed by atoms with Crippen LogP contribution in [-0.2, 0) is 4.79 Å². The Bertz CT molecular complexity index is 987. The van der Waals surface area contributed by atoms with Crippen molar-refractivity contribution in [2.45, 2.75) is 26.3 Å². The molecule has 0 aliphatic rings. The second-order valence-electron chi connectivity index (χ2n) is 6.56. The van der Waals surface area contributed by atoms with E-state index in [0.717, 1.165) is 17.1 Å². The lowest BCUT2D eigenvalue weighted by molar-refractivity contribution is -0.119. The third-order valence-corrected chi connectivity index (χ3v) is 4.88. The van der Waals surface area contributed by atoms with E-state index in [1.165, 1.54) is 12.1 Å². The Balaban J connectivity index is 1.77. The molecule has 3 N–H and O–H groups in total. The average molecular weight is 403 g/mol. The first-order valence-electron chi connectivity index (χ1n) is 8.90. The van der Waals surface area contributed by atoms with E-state index in [0.29, 0.717) is 12.4 Å². The van der Waals surface area contributed by atoms with E-state index >= 15 is 0 Å². The predicted molar refractivity (Wildman–Crippen MR) is 107 cm³/mol. The Morgan fingerprint density at radius 1 is 1.25 bits per heavy atom. The maximum Gasteiger partial charge on any atom is 0.251 e. The van der Waals surface area contributed by atoms with E-state index in [4.69, 9.17) is 11.6 Å². The summed E-state index contributed by atoms with van der Waals surface area (Å²) in [5.74, 6) is -1.34. The Kier molecular flexibility index (Phi) is 5.94. The number of aromatic nitrogens is 2. The Labute approximate surface area is 166 Å². The van der Waals surface area contributed by atoms with E-state index in [9.17, 15) is 14.0 Å². The molecule has 6 nitrogen and oxygen atoms in total. The minimum atomic E-state index is -0.797. The van der Waals surface area contributed by atoms with Gasteiger partial charge in [0.15, 0.2) is 0 Å². The van der Waals surface area contributed by atoms with Gasteiger partial charge in [-0.15, -0.1) is 0 Å². The number of carbonyl (C=O) groups is 2. The molecular formula is C20H20ClFN4O2. The summed E-state index contributed by atoms with van der Waals surface area (Å²) in [5, 5.41) is 5.28. The summed E-state index contributed by atoms with van der Waals surface area (Å²) in [5.41, 5.74) is 1.70. The number of halogens is 2. The Morgan fingerprint density at radius 2 is 2.00 bits per heavy atom. The zero-order chi connectivity index (χ0) is 20.3. The Morgan fingerprint density at radius 3 is 2.68 bits per heavy atom. The lowest BCUT2D eigenvalue weighted by Crippen LogP contribution is -2.47. The van der Waals surface area contributed by atoms with Crippen molar-refractivity contribution in [1.82, 2.24) is 15.3 Å². The normalized spacial score (nSPS) is 13.1. The molecule has 0 saturated heterocycles. The molecule has 3 aromatic rings. The van der Waals surface area contributed by atoms with Crippen LogP contribution in [0.2, 0.25) is 5.02 Å². The molecule has 1 heterocycles. The van der Waals surface area contributed by atoms with Gasteiger partial charge in [0, 0.05) is 5.56 Å². The van der Waals surface area contributed by atoms with Crippen molar-refractivity contribution in [3.8, 4) is 0 Å². The average Bonchev–Trinajstić information content (AvgIpc) is 3.09. The number of carbonyl (C=O) groups excluding carboxylic acids is 2. The number of hydrogen-bond donors (Lipinski definition) is 3. The minimum Gasteiger partial charge on any atom is -0.340 e. The summed E-state index contributed by atoms with van der Waals surface area (Å²) in [6.07, 6.45) is 0.669. The molecule has 146 valence electrons. The fourth-order valence-corrected chi connectivity index (χ4v) is 2.95. The molecule has 0 unspecified atom stereocenters. The number of anilines is 1. The Hall–Kier alpha value is -2.93. The molecule has 0 aliphatic heterocycles. The van der Waals surface area contributed by atoms with Gasteiger partial charge in [-0.05, 0) is 36.2 Å². The van der Waals surface area contributed by atoms with Crippen LogP contribution in [0.5, 0.6) is 0 Å². The van der Waals surface area contributed by atoms with Gasteiger partial charge in [0.1, 0.15) is 11.9 Å². The molecule has 0 spiro atoms. The van der Waals surface area contributed by atoms with E-state index < -0.39 is 23.7 Å². The minimum absolute atomic E-state index is 0.135. The van der Waals surface area contributed by atoms with E-state index in [2.05, 4.69) is 20.6 Å². The number of fused-ring (bicyclic) bond motifs is 1. The van der Waals surface area contributed by atoms with Gasteiger partial charge >= 0.3 is 0 Å². The van der Waals surface area contributed by atoms with Crippen molar-refractivity contribution in [3.63, 3.8) is 0 Å². The van der Waals surface area contributed by atoms with Crippen LogP contribution < -0.4 is 10.6 Å². The lowest BCUT2D eigenvalue weighted by atomic mass is 9.98. The molecule has 2 amide bonds. The highest BCUT2D eigenvalue weighted by molar-refractivity contribution is 6.31. The quantitative estimate of drug-likeness (QED) is 0.579. The van der Waals surface area contributed by atoms with Crippen LogP contribution in [0.4, 0.5) is 10.3 Å². The molecule has 1 aromatic heterocycles. The highest BCUT2D eigenvalue weighted by Crippen LogP contribution is 2.18. The molecular weight excluding hydrogens is 383 g/mol. The first-order chi connectivity index (χ1) is 13.4. The van der Waals surface area contributed by atoms with Crippen LogP contribution >= 0.6 is 11.6 Å². The molecule has 0 radical (unpaired) electrons. The first kappa shape index (κ1) is 19.8. The zero-order valence-electron chi connectivity index (χ0n) is 15.4. The van der Waals surface area contributed by atoms with Gasteiger partial charge in [-0.2, -0.15) is 0 Å². The molecule has 0 saturated carbocycles. The summed E-state index contributed by atoms with van der Waals surface area (Å²) >= 11 is 5.75. The number of benzene rings is 2. The number of nitrogens with zero attached hydrogens (tertiary/aromatic N) is 1. The van der Waals surface area contributed by atoms with Crippen LogP contribution in [0.1, 0.15) is 30.6 Å². The number of nitrogens with one attached hydrogen (secondary N) is 3. The summed E-state index contributed by atoms with van der Waals surface area (Å²) in [4.78, 5) is 32.7. The van der Waals surface area contributed by atoms with E-state index in [1.54, 1.807) is 0 Å². The highest BCUT2D eigenvalue weighted by atomic mass is 35.5. The molecule has 2 atom stereocenters. The van der Waals surface area contributed by atoms with E-state index in [1.807, 2.05) is 38.1 Å². The van der Waals surface area contributed by atoms with Crippen molar-refractivity contribution in [2.75, 3.05) is 5.32 Å². The van der Waals surface area contributed by atoms with Crippen LogP contribution in [-0.4, -0.2) is 27.8 Å². The smallest absolute Gasteiger partial charge is 0.251 e. The monoisotopic (exact) mass is 402 g/mol. The van der Waals surface area contributed by atoms with Gasteiger partial charge in [-0.1, -0.05) is 44.0 Å². The number of rotatable bonds is 6. The van der Waals surface area contributed by atoms with Crippen LogP contribution in [0.3, 0.4) is 0 Å². The SMILES string of the molecule is CC[C@H](C)[C@@H](NC(=O)c1ccc(F)c(Cl)c1)C(=O)Nc1nc2ccccc2[nH]1. The first-order valence-corrected chi connectivity index (χ1v) is 9.28. The van der Waals surface area contributed by atoms with Gasteiger partial charge in [0.25, 0.3) is 5.91 Å². The van der Waals surface area contributed by atoms with Crippen molar-refractivity contribution < 1.29 is 14.0 Å². The van der Waals surface area contributed by atoms with Crippen LogP contribution in [0.25, 0.3) is 11.0 Å². The van der Waals surface area contributed by atoms with Gasteiger partial charge in [0.05, 0.1) is 16.1 Å². The summed E-state index contributed by atoms with van der Waals surface area (Å²) < 4.78 is 13.3. The van der Waals surface area contributed by atoms with Crippen molar-refractivity contribution in [3.05, 3.63) is 58.9 Å². The zero-order valence-corrected chi connectivity index (χ0v) is 16.2. The van der Waals surface area contributed by atoms with Gasteiger partial charge in [0.2, 0.25) is 11.9 Å². The molecule has 0 fully saturated rings. The van der Waals surface area contributed by atoms with Gasteiger partial charge in [-0.25, -0.2) is 9.37 Å². The van der Waals surface area contributed by atoms with Crippen molar-refractivity contribution in [1.29, 1.82) is 0 Å². The lowest BCUT2D eigenvalue weighted by Gasteiger charge is -2.23. The highest BCUT2D eigenvalue weighted by Gasteiger charge is 2.27. The predicted octanol–water partition coefficient (Wildman–Crippen LogP) is 4.14. The fraction of sp³-hybridized carbons (Fsp3) is 0.250. The molecule has 0 aliphatic carbocycles. The van der Waals surface area contributed by atoms with Crippen molar-refractivity contribution >= 4 is 40.4 Å². The maximum absolute atomic E-state index is 13.3. The number of H-pyrrole nitrogens is 1. The maximum atomic E-state index is 13.3. The second kappa shape index (κ2) is 8.39. The third kappa shape index (κ3) is 4.31. The summed E-state index contributed by atoms with van der Waals surface area (Å²) in [6.45, 7) is 3.79. The second-order valence-corrected chi connectivity index (χ2v) is 6.96. The number of para-hydroxylation sites is 2. The molecule has 28 heavy (non-hydrogen) atoms. The number of imidazole rings is 1. The molecule has 3 rings (SSSR count).